The first kappa shape index (κ1) is 26.6. The minimum absolute atomic E-state index is 0.124. The van der Waals surface area contributed by atoms with Crippen LogP contribution in [0.3, 0.4) is 0 Å². The van der Waals surface area contributed by atoms with Crippen molar-refractivity contribution < 1.29 is 34.1 Å². The highest BCUT2D eigenvalue weighted by molar-refractivity contribution is 5.98. The van der Waals surface area contributed by atoms with Crippen LogP contribution in [0.4, 0.5) is 0 Å². The van der Waals surface area contributed by atoms with Gasteiger partial charge in [0.1, 0.15) is 5.75 Å². The molecule has 1 amide bonds. The Morgan fingerprint density at radius 2 is 1.64 bits per heavy atom. The number of Topliss-reactive ketones (excluding diaryl/α,β-unsaturated/α-hetero) is 1. The number of carbonyl (C=O) groups is 4. The molecule has 0 aliphatic carbocycles. The Hall–Kier alpha value is -3.98. The van der Waals surface area contributed by atoms with E-state index in [4.69, 9.17) is 14.9 Å². The van der Waals surface area contributed by atoms with Gasteiger partial charge in [0.2, 0.25) is 0 Å². The van der Waals surface area contributed by atoms with E-state index in [-0.39, 0.29) is 11.7 Å². The summed E-state index contributed by atoms with van der Waals surface area (Å²) >= 11 is 0. The summed E-state index contributed by atoms with van der Waals surface area (Å²) in [7, 11) is 1.65. The van der Waals surface area contributed by atoms with Crippen LogP contribution in [0.1, 0.15) is 39.1 Å². The fourth-order valence-electron chi connectivity index (χ4n) is 4.33. The predicted octanol–water partition coefficient (Wildman–Crippen LogP) is 2.96. The highest BCUT2D eigenvalue weighted by Crippen LogP contribution is 2.29. The number of nitrogens with zero attached hydrogens (tertiary/aromatic N) is 2. The van der Waals surface area contributed by atoms with Crippen molar-refractivity contribution in [2.45, 2.75) is 19.4 Å². The number of likely N-dealkylation sites (tertiary alicyclic amines) is 1. The second-order valence-corrected chi connectivity index (χ2v) is 8.73. The number of fused-ring (bicyclic) bond motifs is 1. The molecule has 0 atom stereocenters. The third-order valence-electron chi connectivity index (χ3n) is 6.21. The maximum absolute atomic E-state index is 12.7. The average molecular weight is 495 g/mol. The fraction of sp³-hybridized carbons (Fsp3) is 0.333. The van der Waals surface area contributed by atoms with Crippen LogP contribution in [0, 0.1) is 5.92 Å². The Kier molecular flexibility index (Phi) is 9.35. The van der Waals surface area contributed by atoms with E-state index in [1.807, 2.05) is 53.4 Å². The number of hydrogen-bond acceptors (Lipinski definition) is 6. The number of methoxy groups -OCH3 is 1. The second-order valence-electron chi connectivity index (χ2n) is 8.73. The number of rotatable bonds is 8. The Morgan fingerprint density at radius 1 is 1.00 bits per heavy atom. The number of ketones is 1. The molecule has 1 saturated heterocycles. The number of carbonyl (C=O) groups excluding carboxylic acids is 2. The van der Waals surface area contributed by atoms with E-state index >= 15 is 0 Å². The topological polar surface area (TPSA) is 124 Å². The quantitative estimate of drug-likeness (QED) is 0.424. The Bertz CT molecular complexity index is 1110. The Labute approximate surface area is 209 Å². The van der Waals surface area contributed by atoms with Crippen LogP contribution in [0.15, 0.2) is 60.7 Å². The molecule has 2 aliphatic heterocycles. The summed E-state index contributed by atoms with van der Waals surface area (Å²) in [6.07, 6.45) is 3.15. The average Bonchev–Trinajstić information content (AvgIpc) is 3.19. The van der Waals surface area contributed by atoms with Gasteiger partial charge >= 0.3 is 11.9 Å². The fourth-order valence-corrected chi connectivity index (χ4v) is 4.33. The molecule has 0 bridgehead atoms. The van der Waals surface area contributed by atoms with Gasteiger partial charge in [0, 0.05) is 36.4 Å². The monoisotopic (exact) mass is 494 g/mol. The van der Waals surface area contributed by atoms with E-state index in [1.54, 1.807) is 7.11 Å². The molecular weight excluding hydrogens is 464 g/mol. The summed E-state index contributed by atoms with van der Waals surface area (Å²) < 4.78 is 5.27. The van der Waals surface area contributed by atoms with Gasteiger partial charge in [-0.1, -0.05) is 30.3 Å². The number of amides is 1. The van der Waals surface area contributed by atoms with Gasteiger partial charge in [0.05, 0.1) is 13.7 Å². The molecule has 9 heteroatoms. The van der Waals surface area contributed by atoms with Gasteiger partial charge in [0.25, 0.3) is 5.91 Å². The van der Waals surface area contributed by atoms with Crippen LogP contribution in [0.2, 0.25) is 0 Å². The molecule has 0 radical (unpaired) electrons. The molecule has 2 N–H and O–H groups in total. The number of aliphatic carboxylic acids is 2. The predicted molar refractivity (Wildman–Crippen MR) is 132 cm³/mol. The highest BCUT2D eigenvalue weighted by atomic mass is 16.5. The van der Waals surface area contributed by atoms with E-state index < -0.39 is 11.9 Å². The highest BCUT2D eigenvalue weighted by Gasteiger charge is 2.31. The smallest absolute Gasteiger partial charge is 0.328 e. The van der Waals surface area contributed by atoms with Crippen molar-refractivity contribution in [1.29, 1.82) is 0 Å². The van der Waals surface area contributed by atoms with Gasteiger partial charge in [-0.05, 0) is 55.6 Å². The lowest BCUT2D eigenvalue weighted by atomic mass is 9.95. The summed E-state index contributed by atoms with van der Waals surface area (Å²) in [5.41, 5.74) is 2.63. The van der Waals surface area contributed by atoms with Crippen molar-refractivity contribution in [2.75, 3.05) is 33.3 Å². The number of carboxylic acid groups (broad SMARTS) is 2. The van der Waals surface area contributed by atoms with Crippen LogP contribution < -0.4 is 4.74 Å². The van der Waals surface area contributed by atoms with E-state index in [1.165, 1.54) is 0 Å². The van der Waals surface area contributed by atoms with E-state index in [2.05, 4.69) is 4.90 Å². The normalized spacial score (nSPS) is 15.8. The first-order valence-electron chi connectivity index (χ1n) is 11.7. The Morgan fingerprint density at radius 3 is 2.22 bits per heavy atom. The molecule has 2 aliphatic rings. The molecule has 2 heterocycles. The molecule has 36 heavy (non-hydrogen) atoms. The molecule has 2 aromatic carbocycles. The van der Waals surface area contributed by atoms with Crippen molar-refractivity contribution >= 4 is 23.6 Å². The summed E-state index contributed by atoms with van der Waals surface area (Å²) in [4.78, 5) is 48.4. The number of hydrogen-bond donors (Lipinski definition) is 2. The molecule has 4 rings (SSSR count). The largest absolute Gasteiger partial charge is 0.497 e. The lowest BCUT2D eigenvalue weighted by molar-refractivity contribution is -0.134. The van der Waals surface area contributed by atoms with Crippen molar-refractivity contribution in [1.82, 2.24) is 9.80 Å². The second kappa shape index (κ2) is 12.6. The zero-order valence-electron chi connectivity index (χ0n) is 20.1. The van der Waals surface area contributed by atoms with Gasteiger partial charge < -0.3 is 19.8 Å². The molecule has 0 saturated carbocycles. The first-order chi connectivity index (χ1) is 17.3. The number of benzene rings is 2. The van der Waals surface area contributed by atoms with Crippen LogP contribution in [-0.2, 0) is 16.1 Å². The number of ether oxygens (including phenoxy) is 1. The molecule has 0 spiro atoms. The SMILES string of the molecule is COc1ccc2c(c1)CN(CC1CCN(CC(=O)c3ccccc3)CC1)C2=O.O=C(O)C=CC(=O)O. The third-order valence-corrected chi connectivity index (χ3v) is 6.21. The van der Waals surface area contributed by atoms with E-state index in [9.17, 15) is 19.2 Å². The number of carboxylic acids is 2. The van der Waals surface area contributed by atoms with Crippen molar-refractivity contribution in [2.24, 2.45) is 5.92 Å². The van der Waals surface area contributed by atoms with Gasteiger partial charge in [-0.3, -0.25) is 14.5 Å². The molecule has 9 nitrogen and oxygen atoms in total. The third kappa shape index (κ3) is 7.51. The Balaban J connectivity index is 0.000000392. The standard InChI is InChI=1S/C23H26N2O3.C4H4O4/c1-28-20-7-8-21-19(13-20)15-25(23(21)27)14-17-9-11-24(12-10-17)16-22(26)18-5-3-2-4-6-18;5-3(6)1-2-4(7)8/h2-8,13,17H,9-12,14-16H2,1H3;1-2H,(H,5,6)(H,7,8). The minimum atomic E-state index is -1.26. The molecule has 1 fully saturated rings. The van der Waals surface area contributed by atoms with Crippen molar-refractivity contribution in [3.8, 4) is 5.75 Å². The van der Waals surface area contributed by atoms with Crippen LogP contribution in [-0.4, -0.2) is 76.9 Å². The summed E-state index contributed by atoms with van der Waals surface area (Å²) in [5, 5.41) is 15.6. The minimum Gasteiger partial charge on any atom is -0.497 e. The zero-order valence-corrected chi connectivity index (χ0v) is 20.1. The molecule has 2 aromatic rings. The molecule has 0 aromatic heterocycles. The van der Waals surface area contributed by atoms with E-state index in [0.29, 0.717) is 31.2 Å². The van der Waals surface area contributed by atoms with Crippen LogP contribution in [0.5, 0.6) is 5.75 Å². The van der Waals surface area contributed by atoms with Gasteiger partial charge in [-0.15, -0.1) is 0 Å². The summed E-state index contributed by atoms with van der Waals surface area (Å²) in [6.45, 7) is 3.75. The van der Waals surface area contributed by atoms with Gasteiger partial charge in [-0.25, -0.2) is 9.59 Å². The van der Waals surface area contributed by atoms with Crippen molar-refractivity contribution in [3.63, 3.8) is 0 Å². The maximum Gasteiger partial charge on any atom is 0.328 e. The van der Waals surface area contributed by atoms with Crippen molar-refractivity contribution in [3.05, 3.63) is 77.4 Å². The zero-order chi connectivity index (χ0) is 26.1. The first-order valence-corrected chi connectivity index (χ1v) is 11.7. The van der Waals surface area contributed by atoms with E-state index in [0.717, 1.165) is 54.9 Å². The number of piperidine rings is 1. The lowest BCUT2D eigenvalue weighted by Gasteiger charge is -2.33. The lowest BCUT2D eigenvalue weighted by Crippen LogP contribution is -2.40. The molecule has 0 unspecified atom stereocenters. The van der Waals surface area contributed by atoms with Crippen LogP contribution >= 0.6 is 0 Å². The summed E-state index contributed by atoms with van der Waals surface area (Å²) in [5.74, 6) is -0.926. The molecule has 190 valence electrons. The summed E-state index contributed by atoms with van der Waals surface area (Å²) in [6, 6.07) is 15.2. The van der Waals surface area contributed by atoms with Gasteiger partial charge in [0.15, 0.2) is 5.78 Å². The van der Waals surface area contributed by atoms with Crippen LogP contribution in [0.25, 0.3) is 0 Å². The maximum atomic E-state index is 12.7. The molecular formula is C27H30N2O7. The van der Waals surface area contributed by atoms with Gasteiger partial charge in [-0.2, -0.15) is 0 Å².